The van der Waals surface area contributed by atoms with Crippen molar-refractivity contribution >= 4 is 21.1 Å². The van der Waals surface area contributed by atoms with E-state index in [4.69, 9.17) is 0 Å². The molecular formula is C23H17F4NO2S. The normalized spacial score (nSPS) is 13.4. The predicted molar refractivity (Wildman–Crippen MR) is 111 cm³/mol. The largest absolute Gasteiger partial charge is 0.390 e. The molecule has 1 aromatic heterocycles. The molecule has 0 aliphatic rings. The molecular weight excluding hydrogens is 430 g/mol. The molecule has 4 aromatic rings. The Morgan fingerprint density at radius 2 is 1.45 bits per heavy atom. The summed E-state index contributed by atoms with van der Waals surface area (Å²) in [4.78, 5) is 2.38. The highest BCUT2D eigenvalue weighted by molar-refractivity contribution is 7.86. The molecule has 31 heavy (non-hydrogen) atoms. The first-order chi connectivity index (χ1) is 14.6. The van der Waals surface area contributed by atoms with Crippen LogP contribution < -0.4 is 0 Å². The molecule has 0 saturated carbocycles. The lowest BCUT2D eigenvalue weighted by atomic mass is 9.85. The van der Waals surface area contributed by atoms with Gasteiger partial charge in [0.2, 0.25) is 0 Å². The van der Waals surface area contributed by atoms with Crippen molar-refractivity contribution in [3.63, 3.8) is 0 Å². The highest BCUT2D eigenvalue weighted by Gasteiger charge is 2.37. The van der Waals surface area contributed by atoms with E-state index >= 15 is 0 Å². The van der Waals surface area contributed by atoms with Gasteiger partial charge in [-0.3, -0.25) is 0 Å². The number of fused-ring (bicyclic) bond motifs is 1. The summed E-state index contributed by atoms with van der Waals surface area (Å²) in [6, 6.07) is 20.6. The molecule has 1 unspecified atom stereocenters. The van der Waals surface area contributed by atoms with E-state index < -0.39 is 33.6 Å². The smallest absolute Gasteiger partial charge is 0.354 e. The first kappa shape index (κ1) is 21.1. The third-order valence-electron chi connectivity index (χ3n) is 5.14. The summed E-state index contributed by atoms with van der Waals surface area (Å²) in [5.41, 5.74) is 1.59. The lowest BCUT2D eigenvalue weighted by Crippen LogP contribution is -2.15. The molecule has 0 radical (unpaired) electrons. The first-order valence-electron chi connectivity index (χ1n) is 9.41. The Bertz CT molecular complexity index is 1310. The molecule has 0 aliphatic heterocycles. The number of hydrogen-bond donors (Lipinski definition) is 1. The van der Waals surface area contributed by atoms with Crippen LogP contribution in [0.5, 0.6) is 0 Å². The summed E-state index contributed by atoms with van der Waals surface area (Å²) in [6.07, 6.45) is -5.77. The number of halogens is 4. The zero-order valence-corrected chi connectivity index (χ0v) is 16.8. The summed E-state index contributed by atoms with van der Waals surface area (Å²) >= 11 is 0. The lowest BCUT2D eigenvalue weighted by Gasteiger charge is -2.21. The molecule has 0 aliphatic carbocycles. The molecule has 3 nitrogen and oxygen atoms in total. The molecule has 1 heterocycles. The van der Waals surface area contributed by atoms with Crippen LogP contribution in [0.4, 0.5) is 17.1 Å². The van der Waals surface area contributed by atoms with Gasteiger partial charge in [-0.25, -0.2) is 0 Å². The van der Waals surface area contributed by atoms with Crippen molar-refractivity contribution in [3.8, 4) is 11.3 Å². The minimum atomic E-state index is -5.18. The van der Waals surface area contributed by atoms with Crippen LogP contribution in [0, 0.1) is 0 Å². The minimum Gasteiger partial charge on any atom is -0.354 e. The maximum Gasteiger partial charge on any atom is 0.390 e. The number of alkyl halides is 3. The van der Waals surface area contributed by atoms with Crippen molar-refractivity contribution in [3.05, 3.63) is 90.0 Å². The quantitative estimate of drug-likeness (QED) is 0.278. The Balaban J connectivity index is 2.12. The van der Waals surface area contributed by atoms with Gasteiger partial charge in [-0.1, -0.05) is 66.7 Å². The highest BCUT2D eigenvalue weighted by atomic mass is 32.3. The van der Waals surface area contributed by atoms with Crippen LogP contribution >= 0.6 is 0 Å². The summed E-state index contributed by atoms with van der Waals surface area (Å²) in [6.45, 7) is 0. The van der Waals surface area contributed by atoms with Crippen molar-refractivity contribution in [1.82, 2.24) is 4.98 Å². The molecule has 0 bridgehead atoms. The van der Waals surface area contributed by atoms with E-state index in [-0.39, 0.29) is 16.5 Å². The SMILES string of the molecule is O=S(=O)(F)c1cccc2[nH]c(-c3ccccc3)c(C(CC(F)(F)F)c3ccccc3)c12. The molecule has 4 rings (SSSR count). The van der Waals surface area contributed by atoms with Crippen molar-refractivity contribution in [1.29, 1.82) is 0 Å². The van der Waals surface area contributed by atoms with Crippen LogP contribution in [0.15, 0.2) is 83.8 Å². The fourth-order valence-electron chi connectivity index (χ4n) is 3.93. The van der Waals surface area contributed by atoms with Gasteiger partial charge in [0.1, 0.15) is 4.90 Å². The summed E-state index contributed by atoms with van der Waals surface area (Å²) in [7, 11) is -5.18. The number of nitrogens with one attached hydrogen (secondary N) is 1. The molecule has 0 saturated heterocycles. The average molecular weight is 447 g/mol. The number of rotatable bonds is 5. The van der Waals surface area contributed by atoms with E-state index in [0.29, 0.717) is 16.8 Å². The van der Waals surface area contributed by atoms with Crippen LogP contribution in [-0.2, 0) is 10.2 Å². The maximum atomic E-state index is 14.2. The molecule has 1 N–H and O–H groups in total. The minimum absolute atomic E-state index is 0.0676. The van der Waals surface area contributed by atoms with Crippen molar-refractivity contribution in [2.45, 2.75) is 23.4 Å². The second kappa shape index (κ2) is 7.85. The number of hydrogen-bond acceptors (Lipinski definition) is 2. The van der Waals surface area contributed by atoms with Crippen LogP contribution in [0.25, 0.3) is 22.2 Å². The van der Waals surface area contributed by atoms with Gasteiger partial charge in [-0.2, -0.15) is 21.6 Å². The van der Waals surface area contributed by atoms with Gasteiger partial charge in [0.15, 0.2) is 0 Å². The van der Waals surface area contributed by atoms with E-state index in [9.17, 15) is 25.5 Å². The lowest BCUT2D eigenvalue weighted by molar-refractivity contribution is -0.136. The third-order valence-corrected chi connectivity index (χ3v) is 6.00. The van der Waals surface area contributed by atoms with Gasteiger partial charge < -0.3 is 4.98 Å². The Morgan fingerprint density at radius 3 is 2.03 bits per heavy atom. The second-order valence-corrected chi connectivity index (χ2v) is 8.49. The molecule has 3 aromatic carbocycles. The predicted octanol–water partition coefficient (Wildman–Crippen LogP) is 6.58. The van der Waals surface area contributed by atoms with E-state index in [1.807, 2.05) is 0 Å². The van der Waals surface area contributed by atoms with Crippen molar-refractivity contribution in [2.75, 3.05) is 0 Å². The molecule has 0 fully saturated rings. The van der Waals surface area contributed by atoms with Gasteiger partial charge in [-0.05, 0) is 28.8 Å². The summed E-state index contributed by atoms with van der Waals surface area (Å²) in [5, 5.41) is -0.0676. The maximum absolute atomic E-state index is 14.2. The Morgan fingerprint density at radius 1 is 0.839 bits per heavy atom. The molecule has 0 spiro atoms. The Kier molecular flexibility index (Phi) is 5.35. The summed E-state index contributed by atoms with van der Waals surface area (Å²) in [5.74, 6) is -1.24. The highest BCUT2D eigenvalue weighted by Crippen LogP contribution is 2.45. The number of aromatic nitrogens is 1. The Labute approximate surface area is 176 Å². The summed E-state index contributed by atoms with van der Waals surface area (Å²) < 4.78 is 78.9. The van der Waals surface area contributed by atoms with Gasteiger partial charge in [0.25, 0.3) is 0 Å². The van der Waals surface area contributed by atoms with Crippen LogP contribution in [0.1, 0.15) is 23.5 Å². The van der Waals surface area contributed by atoms with Gasteiger partial charge in [0, 0.05) is 16.8 Å². The van der Waals surface area contributed by atoms with E-state index in [1.165, 1.54) is 12.1 Å². The van der Waals surface area contributed by atoms with E-state index in [1.54, 1.807) is 60.7 Å². The topological polar surface area (TPSA) is 49.9 Å². The Hall–Kier alpha value is -3.13. The van der Waals surface area contributed by atoms with Crippen molar-refractivity contribution < 1.29 is 25.5 Å². The second-order valence-electron chi connectivity index (χ2n) is 7.18. The standard InChI is InChI=1S/C23H17F4NO2S/c24-23(25,26)14-17(15-8-3-1-4-9-15)20-21-18(12-7-13-19(21)31(27,29)30)28-22(20)16-10-5-2-6-11-16/h1-13,17,28H,14H2. The van der Waals surface area contributed by atoms with Gasteiger partial charge in [-0.15, -0.1) is 3.89 Å². The molecule has 0 amide bonds. The zero-order valence-electron chi connectivity index (χ0n) is 16.0. The fraction of sp³-hybridized carbons (Fsp3) is 0.130. The molecule has 8 heteroatoms. The molecule has 1 atom stereocenters. The number of H-pyrrole nitrogens is 1. The molecule has 160 valence electrons. The van der Waals surface area contributed by atoms with Gasteiger partial charge in [0.05, 0.1) is 12.1 Å². The van der Waals surface area contributed by atoms with Crippen molar-refractivity contribution in [2.24, 2.45) is 0 Å². The third kappa shape index (κ3) is 4.34. The van der Waals surface area contributed by atoms with E-state index in [2.05, 4.69) is 4.98 Å². The monoisotopic (exact) mass is 447 g/mol. The van der Waals surface area contributed by atoms with Crippen LogP contribution in [0.2, 0.25) is 0 Å². The average Bonchev–Trinajstić information content (AvgIpc) is 3.11. The van der Waals surface area contributed by atoms with Crippen LogP contribution in [0.3, 0.4) is 0 Å². The van der Waals surface area contributed by atoms with E-state index in [0.717, 1.165) is 6.07 Å². The fourth-order valence-corrected chi connectivity index (χ4v) is 4.63. The number of benzene rings is 3. The first-order valence-corrected chi connectivity index (χ1v) is 10.8. The zero-order chi connectivity index (χ0) is 22.2. The number of aromatic amines is 1. The van der Waals surface area contributed by atoms with Gasteiger partial charge >= 0.3 is 16.4 Å². The van der Waals surface area contributed by atoms with Crippen LogP contribution in [-0.4, -0.2) is 19.6 Å².